The summed E-state index contributed by atoms with van der Waals surface area (Å²) in [4.78, 5) is 21.8. The van der Waals surface area contributed by atoms with Crippen LogP contribution in [0.2, 0.25) is 0 Å². The minimum Gasteiger partial charge on any atom is -0.368 e. The first-order valence-electron chi connectivity index (χ1n) is 9.07. The highest BCUT2D eigenvalue weighted by atomic mass is 79.9. The summed E-state index contributed by atoms with van der Waals surface area (Å²) in [5, 5.41) is 0.683. The van der Waals surface area contributed by atoms with E-state index in [9.17, 15) is 9.18 Å². The summed E-state index contributed by atoms with van der Waals surface area (Å²) in [7, 11) is 0. The third-order valence-electron chi connectivity index (χ3n) is 4.57. The average molecular weight is 430 g/mol. The van der Waals surface area contributed by atoms with Gasteiger partial charge in [0, 0.05) is 22.0 Å². The molecule has 2 aromatic rings. The van der Waals surface area contributed by atoms with Crippen LogP contribution in [0.25, 0.3) is 16.8 Å². The topological polar surface area (TPSA) is 68.9 Å². The minimum atomic E-state index is -0.342. The first-order valence-corrected chi connectivity index (χ1v) is 10.2. The summed E-state index contributed by atoms with van der Waals surface area (Å²) in [6.07, 6.45) is 4.74. The molecule has 0 unspecified atom stereocenters. The highest BCUT2D eigenvalue weighted by Crippen LogP contribution is 2.44. The van der Waals surface area contributed by atoms with Gasteiger partial charge in [-0.15, -0.1) is 0 Å². The Labute approximate surface area is 166 Å². The van der Waals surface area contributed by atoms with Crippen molar-refractivity contribution >= 4 is 33.2 Å². The van der Waals surface area contributed by atoms with Gasteiger partial charge < -0.3 is 5.73 Å². The zero-order chi connectivity index (χ0) is 19.6. The highest BCUT2D eigenvalue weighted by Gasteiger charge is 2.37. The molecule has 0 radical (unpaired) electrons. The molecule has 2 aliphatic rings. The van der Waals surface area contributed by atoms with Gasteiger partial charge in [-0.05, 0) is 49.1 Å². The summed E-state index contributed by atoms with van der Waals surface area (Å²) in [5.41, 5.74) is 10.8. The quantitative estimate of drug-likeness (QED) is 0.653. The van der Waals surface area contributed by atoms with Gasteiger partial charge in [0.05, 0.1) is 17.0 Å². The molecule has 0 bridgehead atoms. The van der Waals surface area contributed by atoms with Gasteiger partial charge in [-0.25, -0.2) is 14.4 Å². The van der Waals surface area contributed by atoms with Crippen molar-refractivity contribution in [2.24, 2.45) is 0 Å². The van der Waals surface area contributed by atoms with E-state index >= 15 is 0 Å². The molecule has 0 saturated carbocycles. The van der Waals surface area contributed by atoms with Crippen molar-refractivity contribution in [3.8, 4) is 11.3 Å². The number of nitrogens with two attached hydrogens (primary N) is 1. The van der Waals surface area contributed by atoms with Crippen molar-refractivity contribution < 1.29 is 9.18 Å². The Kier molecular flexibility index (Phi) is 5.85. The number of fused-ring (bicyclic) bond motifs is 3. The number of anilines is 1. The molecule has 0 spiro atoms. The van der Waals surface area contributed by atoms with Gasteiger partial charge in [-0.2, -0.15) is 0 Å². The molecular weight excluding hydrogens is 409 g/mol. The summed E-state index contributed by atoms with van der Waals surface area (Å²) in [5.74, 6) is -0.312. The van der Waals surface area contributed by atoms with Crippen LogP contribution in [0.5, 0.6) is 0 Å². The van der Waals surface area contributed by atoms with E-state index in [1.807, 2.05) is 19.9 Å². The Balaban J connectivity index is 0.00000102. The summed E-state index contributed by atoms with van der Waals surface area (Å²) in [6.45, 7) is 4.00. The van der Waals surface area contributed by atoms with Crippen LogP contribution in [0, 0.1) is 5.82 Å². The van der Waals surface area contributed by atoms with Gasteiger partial charge in [-0.1, -0.05) is 35.9 Å². The number of nitrogen functional groups attached to an aromatic ring is 1. The molecule has 0 saturated heterocycles. The Morgan fingerprint density at radius 1 is 1.15 bits per heavy atom. The maximum atomic E-state index is 13.3. The second-order valence-electron chi connectivity index (χ2n) is 6.11. The number of alkyl halides is 1. The van der Waals surface area contributed by atoms with Crippen LogP contribution in [-0.2, 0) is 0 Å². The van der Waals surface area contributed by atoms with Gasteiger partial charge in [0.25, 0.3) is 0 Å². The Morgan fingerprint density at radius 2 is 1.81 bits per heavy atom. The van der Waals surface area contributed by atoms with Crippen LogP contribution in [0.3, 0.4) is 0 Å². The molecule has 0 fully saturated rings. The zero-order valence-corrected chi connectivity index (χ0v) is 16.9. The van der Waals surface area contributed by atoms with E-state index in [-0.39, 0.29) is 17.5 Å². The molecule has 27 heavy (non-hydrogen) atoms. The molecule has 0 amide bonds. The van der Waals surface area contributed by atoms with Crippen molar-refractivity contribution in [1.82, 2.24) is 9.97 Å². The van der Waals surface area contributed by atoms with Gasteiger partial charge in [0.15, 0.2) is 5.78 Å². The summed E-state index contributed by atoms with van der Waals surface area (Å²) in [6, 6.07) is 5.90. The van der Waals surface area contributed by atoms with E-state index < -0.39 is 0 Å². The van der Waals surface area contributed by atoms with Crippen molar-refractivity contribution in [1.29, 1.82) is 0 Å². The van der Waals surface area contributed by atoms with Gasteiger partial charge in [0.2, 0.25) is 5.95 Å². The number of carbonyl (C=O) groups excluding carboxylic acids is 1. The molecule has 4 nitrogen and oxygen atoms in total. The van der Waals surface area contributed by atoms with Crippen LogP contribution in [0.15, 0.2) is 41.5 Å². The number of halogens is 2. The number of aromatic nitrogens is 2. The number of carbonyl (C=O) groups is 1. The number of hydrogen-bond donors (Lipinski definition) is 1. The molecule has 1 aromatic heterocycles. The minimum absolute atomic E-state index is 0.0790. The number of Topliss-reactive ketones (excluding diaryl/α,β-unsaturated/α-hetero) is 1. The number of ketones is 1. The molecule has 140 valence electrons. The van der Waals surface area contributed by atoms with Crippen LogP contribution in [0.1, 0.15) is 49.2 Å². The molecule has 1 heterocycles. The molecule has 2 N–H and O–H groups in total. The molecule has 4 rings (SSSR count). The number of allylic oxidation sites excluding steroid dienone is 4. The Hall–Kier alpha value is -2.34. The zero-order valence-electron chi connectivity index (χ0n) is 15.4. The fourth-order valence-electron chi connectivity index (χ4n) is 3.44. The van der Waals surface area contributed by atoms with E-state index in [0.717, 1.165) is 30.4 Å². The Bertz CT molecular complexity index is 949. The van der Waals surface area contributed by atoms with Gasteiger partial charge >= 0.3 is 0 Å². The first-order chi connectivity index (χ1) is 13.1. The lowest BCUT2D eigenvalue weighted by Gasteiger charge is -2.10. The molecule has 1 aromatic carbocycles. The monoisotopic (exact) mass is 429 g/mol. The SMILES string of the molecule is CC.Nc1nc2c(c(-c3ccc(F)cc3)n1)C(=O)C1=CCCCC(CBr)=C12. The average Bonchev–Trinajstić information content (AvgIpc) is 2.84. The molecule has 0 aliphatic heterocycles. The van der Waals surface area contributed by atoms with E-state index in [2.05, 4.69) is 25.9 Å². The number of rotatable bonds is 2. The standard InChI is InChI=1S/C19H15BrFN3O.C2H6/c20-9-11-3-1-2-4-13-14(11)17-15(18(13)25)16(23-19(22)24-17)10-5-7-12(21)8-6-10;1-2/h4-8H,1-3,9H2,(H2,22,23,24);1-2H3. The molecule has 2 aliphatic carbocycles. The molecule has 0 atom stereocenters. The summed E-state index contributed by atoms with van der Waals surface area (Å²) < 4.78 is 13.3. The van der Waals surface area contributed by atoms with Gasteiger partial charge in [0.1, 0.15) is 5.82 Å². The second-order valence-corrected chi connectivity index (χ2v) is 6.67. The largest absolute Gasteiger partial charge is 0.368 e. The van der Waals surface area contributed by atoms with Crippen LogP contribution >= 0.6 is 15.9 Å². The number of benzene rings is 1. The van der Waals surface area contributed by atoms with Crippen LogP contribution in [0.4, 0.5) is 10.3 Å². The van der Waals surface area contributed by atoms with Crippen molar-refractivity contribution in [2.45, 2.75) is 33.1 Å². The fraction of sp³-hybridized carbons (Fsp3) is 0.286. The van der Waals surface area contributed by atoms with E-state index in [1.54, 1.807) is 12.1 Å². The lowest BCUT2D eigenvalue weighted by atomic mass is 10.0. The highest BCUT2D eigenvalue weighted by molar-refractivity contribution is 9.09. The van der Waals surface area contributed by atoms with E-state index in [0.29, 0.717) is 33.4 Å². The third kappa shape index (κ3) is 3.46. The van der Waals surface area contributed by atoms with Crippen molar-refractivity contribution in [2.75, 3.05) is 11.1 Å². The summed E-state index contributed by atoms with van der Waals surface area (Å²) >= 11 is 3.53. The lowest BCUT2D eigenvalue weighted by Crippen LogP contribution is -2.05. The van der Waals surface area contributed by atoms with E-state index in [4.69, 9.17) is 5.73 Å². The number of nitrogens with zero attached hydrogens (tertiary/aromatic N) is 2. The maximum Gasteiger partial charge on any atom is 0.221 e. The van der Waals surface area contributed by atoms with Crippen molar-refractivity contribution in [3.63, 3.8) is 0 Å². The number of hydrogen-bond acceptors (Lipinski definition) is 4. The molecular formula is C21H21BrFN3O. The smallest absolute Gasteiger partial charge is 0.221 e. The predicted octanol–water partition coefficient (Wildman–Crippen LogP) is 5.35. The lowest BCUT2D eigenvalue weighted by molar-refractivity contribution is 0.104. The second kappa shape index (κ2) is 8.13. The fourth-order valence-corrected chi connectivity index (χ4v) is 4.00. The first kappa shape index (κ1) is 19.4. The van der Waals surface area contributed by atoms with Gasteiger partial charge in [-0.3, -0.25) is 4.79 Å². The van der Waals surface area contributed by atoms with Crippen LogP contribution in [-0.4, -0.2) is 21.1 Å². The normalized spacial score (nSPS) is 15.4. The molecule has 6 heteroatoms. The van der Waals surface area contributed by atoms with Crippen molar-refractivity contribution in [3.05, 3.63) is 58.6 Å². The van der Waals surface area contributed by atoms with Crippen LogP contribution < -0.4 is 5.73 Å². The maximum absolute atomic E-state index is 13.3. The Morgan fingerprint density at radius 3 is 2.48 bits per heavy atom. The van der Waals surface area contributed by atoms with E-state index in [1.165, 1.54) is 12.1 Å². The predicted molar refractivity (Wildman–Crippen MR) is 110 cm³/mol. The third-order valence-corrected chi connectivity index (χ3v) is 5.24.